The third-order valence-electron chi connectivity index (χ3n) is 3.23. The molecule has 3 heterocycles. The summed E-state index contributed by atoms with van der Waals surface area (Å²) in [5.74, 6) is 0. The van der Waals surface area contributed by atoms with Crippen molar-refractivity contribution in [3.05, 3.63) is 24.0 Å². The van der Waals surface area contributed by atoms with Crippen LogP contribution in [-0.4, -0.2) is 41.7 Å². The van der Waals surface area contributed by atoms with Gasteiger partial charge >= 0.3 is 6.09 Å². The van der Waals surface area contributed by atoms with Gasteiger partial charge in [-0.05, 0) is 12.1 Å². The van der Waals surface area contributed by atoms with Crippen molar-refractivity contribution in [2.75, 3.05) is 20.1 Å². The van der Waals surface area contributed by atoms with Crippen LogP contribution in [-0.2, 0) is 4.74 Å². The van der Waals surface area contributed by atoms with Gasteiger partial charge in [0.2, 0.25) is 0 Å². The van der Waals surface area contributed by atoms with E-state index in [-0.39, 0.29) is 17.7 Å². The lowest BCUT2D eigenvalue weighted by molar-refractivity contribution is -0.0119. The lowest BCUT2D eigenvalue weighted by atomic mass is 9.86. The highest BCUT2D eigenvalue weighted by Crippen LogP contribution is 2.42. The molecule has 0 saturated carbocycles. The number of likely N-dealkylation sites (N-methyl/N-ethyl adjacent to an activating group) is 1. The van der Waals surface area contributed by atoms with Crippen molar-refractivity contribution >= 4 is 6.09 Å². The second-order valence-corrected chi connectivity index (χ2v) is 4.18. The Morgan fingerprint density at radius 2 is 2.40 bits per heavy atom. The average molecular weight is 207 g/mol. The fourth-order valence-corrected chi connectivity index (χ4v) is 2.40. The Labute approximate surface area is 87.4 Å². The normalized spacial score (nSPS) is 27.9. The maximum absolute atomic E-state index is 11.6. The van der Waals surface area contributed by atoms with Crippen LogP contribution >= 0.6 is 0 Å². The van der Waals surface area contributed by atoms with E-state index < -0.39 is 0 Å². The largest absolute Gasteiger partial charge is 0.437 e. The number of H-pyrrole nitrogens is 1. The zero-order valence-electron chi connectivity index (χ0n) is 8.49. The van der Waals surface area contributed by atoms with Crippen LogP contribution in [0.25, 0.3) is 0 Å². The summed E-state index contributed by atoms with van der Waals surface area (Å²) in [4.78, 5) is 16.4. The van der Waals surface area contributed by atoms with Gasteiger partial charge in [0.25, 0.3) is 0 Å². The van der Waals surface area contributed by atoms with Gasteiger partial charge in [0.05, 0.1) is 0 Å². The molecule has 1 atom stereocenters. The molecule has 2 fully saturated rings. The van der Waals surface area contributed by atoms with E-state index in [2.05, 4.69) is 10.3 Å². The monoisotopic (exact) mass is 207 g/mol. The van der Waals surface area contributed by atoms with E-state index in [9.17, 15) is 4.79 Å². The number of hydrogen-bond acceptors (Lipinski definition) is 3. The fraction of sp³-hybridized carbons (Fsp3) is 0.500. The van der Waals surface area contributed by atoms with Crippen LogP contribution in [0.4, 0.5) is 4.79 Å². The van der Waals surface area contributed by atoms with Crippen molar-refractivity contribution < 1.29 is 9.53 Å². The van der Waals surface area contributed by atoms with Crippen molar-refractivity contribution in [1.29, 1.82) is 0 Å². The molecule has 0 aliphatic carbocycles. The topological polar surface area (TPSA) is 57.4 Å². The van der Waals surface area contributed by atoms with Crippen molar-refractivity contribution in [3.63, 3.8) is 0 Å². The van der Waals surface area contributed by atoms with Crippen LogP contribution in [0, 0.1) is 0 Å². The van der Waals surface area contributed by atoms with Gasteiger partial charge in [-0.2, -0.15) is 0 Å². The smallest absolute Gasteiger partial charge is 0.410 e. The number of aromatic amines is 1. The van der Waals surface area contributed by atoms with Gasteiger partial charge in [0.1, 0.15) is 6.04 Å². The Hall–Kier alpha value is -1.49. The molecule has 3 rings (SSSR count). The van der Waals surface area contributed by atoms with E-state index in [0.717, 1.165) is 18.8 Å². The molecule has 0 bridgehead atoms. The molecule has 1 aromatic heterocycles. The van der Waals surface area contributed by atoms with Gasteiger partial charge in [-0.25, -0.2) is 4.79 Å². The third kappa shape index (κ3) is 1.04. The van der Waals surface area contributed by atoms with E-state index in [1.807, 2.05) is 18.3 Å². The first-order valence-electron chi connectivity index (χ1n) is 5.03. The molecule has 1 aromatic rings. The standard InChI is InChI=1S/C10H13N3O2/c1-13-8(7-3-2-4-12-7)10(5-11-6-10)15-9(13)14/h2-4,8,11-12H,5-6H2,1H3/t8-/m0/s1. The van der Waals surface area contributed by atoms with E-state index >= 15 is 0 Å². The minimum absolute atomic E-state index is 0.00116. The Morgan fingerprint density at radius 1 is 1.60 bits per heavy atom. The number of rotatable bonds is 1. The fourth-order valence-electron chi connectivity index (χ4n) is 2.40. The molecule has 2 aliphatic rings. The molecule has 1 amide bonds. The molecule has 5 heteroatoms. The van der Waals surface area contributed by atoms with Crippen LogP contribution in [0.15, 0.2) is 18.3 Å². The average Bonchev–Trinajstić information content (AvgIpc) is 2.72. The van der Waals surface area contributed by atoms with Gasteiger partial charge in [0, 0.05) is 32.0 Å². The summed E-state index contributed by atoms with van der Waals surface area (Å²) >= 11 is 0. The van der Waals surface area contributed by atoms with E-state index in [1.54, 1.807) is 11.9 Å². The molecule has 2 saturated heterocycles. The molecule has 2 N–H and O–H groups in total. The van der Waals surface area contributed by atoms with Crippen molar-refractivity contribution in [2.24, 2.45) is 0 Å². The van der Waals surface area contributed by atoms with Gasteiger partial charge in [-0.15, -0.1) is 0 Å². The van der Waals surface area contributed by atoms with Crippen LogP contribution < -0.4 is 5.32 Å². The van der Waals surface area contributed by atoms with Gasteiger partial charge < -0.3 is 15.0 Å². The van der Waals surface area contributed by atoms with E-state index in [0.29, 0.717) is 0 Å². The van der Waals surface area contributed by atoms with Crippen LogP contribution in [0.5, 0.6) is 0 Å². The van der Waals surface area contributed by atoms with Crippen molar-refractivity contribution in [2.45, 2.75) is 11.6 Å². The maximum atomic E-state index is 11.6. The minimum atomic E-state index is -0.364. The first-order chi connectivity index (χ1) is 7.23. The molecule has 2 aliphatic heterocycles. The predicted molar refractivity (Wildman–Crippen MR) is 53.4 cm³/mol. The molecule has 0 aromatic carbocycles. The van der Waals surface area contributed by atoms with Crippen molar-refractivity contribution in [3.8, 4) is 0 Å². The van der Waals surface area contributed by atoms with Gasteiger partial charge in [-0.1, -0.05) is 0 Å². The molecule has 80 valence electrons. The van der Waals surface area contributed by atoms with Crippen LogP contribution in [0.3, 0.4) is 0 Å². The lowest BCUT2D eigenvalue weighted by Gasteiger charge is -2.41. The number of nitrogens with one attached hydrogen (secondary N) is 2. The number of aromatic nitrogens is 1. The highest BCUT2D eigenvalue weighted by molar-refractivity contribution is 5.72. The first kappa shape index (κ1) is 8.79. The van der Waals surface area contributed by atoms with Crippen LogP contribution in [0.2, 0.25) is 0 Å². The molecule has 15 heavy (non-hydrogen) atoms. The van der Waals surface area contributed by atoms with Gasteiger partial charge in [-0.3, -0.25) is 4.90 Å². The number of carbonyl (C=O) groups excluding carboxylic acids is 1. The summed E-state index contributed by atoms with van der Waals surface area (Å²) in [5.41, 5.74) is 0.668. The number of ether oxygens (including phenoxy) is 1. The lowest BCUT2D eigenvalue weighted by Crippen LogP contribution is -2.62. The summed E-state index contributed by atoms with van der Waals surface area (Å²) in [6, 6.07) is 3.93. The highest BCUT2D eigenvalue weighted by atomic mass is 16.6. The molecule has 1 spiro atoms. The quantitative estimate of drug-likeness (QED) is 0.704. The third-order valence-corrected chi connectivity index (χ3v) is 3.23. The summed E-state index contributed by atoms with van der Waals surface area (Å²) in [6.45, 7) is 1.46. The molecule has 5 nitrogen and oxygen atoms in total. The molecule has 0 unspecified atom stereocenters. The number of nitrogens with zero attached hydrogens (tertiary/aromatic N) is 1. The number of amides is 1. The molecular formula is C10H13N3O2. The Bertz CT molecular complexity index is 383. The summed E-state index contributed by atoms with van der Waals surface area (Å²) in [7, 11) is 1.78. The Morgan fingerprint density at radius 3 is 2.93 bits per heavy atom. The zero-order chi connectivity index (χ0) is 10.5. The SMILES string of the molecule is CN1C(=O)OC2(CNC2)[C@@H]1c1ccc[nH]1. The molecular weight excluding hydrogens is 194 g/mol. The second-order valence-electron chi connectivity index (χ2n) is 4.18. The molecule has 0 radical (unpaired) electrons. The highest BCUT2D eigenvalue weighted by Gasteiger charge is 2.57. The van der Waals surface area contributed by atoms with E-state index in [1.165, 1.54) is 0 Å². The van der Waals surface area contributed by atoms with E-state index in [4.69, 9.17) is 4.74 Å². The van der Waals surface area contributed by atoms with Crippen molar-refractivity contribution in [1.82, 2.24) is 15.2 Å². The van der Waals surface area contributed by atoms with Crippen LogP contribution in [0.1, 0.15) is 11.7 Å². The minimum Gasteiger partial charge on any atom is -0.437 e. The summed E-state index contributed by atoms with van der Waals surface area (Å²) in [5, 5.41) is 3.16. The Balaban J connectivity index is 2.00. The second kappa shape index (κ2) is 2.76. The zero-order valence-corrected chi connectivity index (χ0v) is 8.49. The summed E-state index contributed by atoms with van der Waals surface area (Å²) < 4.78 is 5.44. The Kier molecular flexibility index (Phi) is 1.62. The maximum Gasteiger partial charge on any atom is 0.410 e. The predicted octanol–water partition coefficient (Wildman–Crippen LogP) is 0.480. The first-order valence-corrected chi connectivity index (χ1v) is 5.03. The number of hydrogen-bond donors (Lipinski definition) is 2. The number of carbonyl (C=O) groups is 1. The summed E-state index contributed by atoms with van der Waals surface area (Å²) in [6.07, 6.45) is 1.63. The van der Waals surface area contributed by atoms with Gasteiger partial charge in [0.15, 0.2) is 5.60 Å².